The SMILES string of the molecule is COCC(c1ccc(C(F)(F)F)cc1)C1CCN(C2(C)CCN(C(=O)c3c(C)nn(OCc4ccccc4)c3C)CC2)CC1C. The van der Waals surface area contributed by atoms with E-state index in [0.29, 0.717) is 55.1 Å². The Morgan fingerprint density at radius 1 is 1.04 bits per heavy atom. The number of piperidine rings is 2. The van der Waals surface area contributed by atoms with Crippen LogP contribution in [0, 0.1) is 25.7 Å². The summed E-state index contributed by atoms with van der Waals surface area (Å²) in [6.07, 6.45) is -1.67. The fourth-order valence-corrected chi connectivity index (χ4v) is 7.25. The number of hydrogen-bond acceptors (Lipinski definition) is 5. The molecular formula is C35H45F3N4O3. The summed E-state index contributed by atoms with van der Waals surface area (Å²) in [5.41, 5.74) is 3.23. The van der Waals surface area contributed by atoms with Gasteiger partial charge in [-0.1, -0.05) is 49.4 Å². The molecule has 2 aromatic carbocycles. The minimum absolute atomic E-state index is 0.00682. The second kappa shape index (κ2) is 13.5. The lowest BCUT2D eigenvalue weighted by Crippen LogP contribution is -2.58. The molecule has 2 saturated heterocycles. The largest absolute Gasteiger partial charge is 0.416 e. The molecule has 0 radical (unpaired) electrons. The van der Waals surface area contributed by atoms with E-state index < -0.39 is 11.7 Å². The molecule has 0 N–H and O–H groups in total. The van der Waals surface area contributed by atoms with Gasteiger partial charge in [-0.05, 0) is 81.7 Å². The number of halogens is 3. The van der Waals surface area contributed by atoms with Crippen molar-refractivity contribution >= 4 is 5.91 Å². The highest BCUT2D eigenvalue weighted by Gasteiger charge is 2.42. The topological polar surface area (TPSA) is 59.8 Å². The molecule has 7 nitrogen and oxygen atoms in total. The first kappa shape index (κ1) is 33.0. The molecule has 0 saturated carbocycles. The first-order valence-electron chi connectivity index (χ1n) is 15.8. The normalized spacial score (nSPS) is 21.5. The summed E-state index contributed by atoms with van der Waals surface area (Å²) in [4.78, 5) is 25.6. The molecule has 2 aliphatic rings. The third-order valence-corrected chi connectivity index (χ3v) is 10.1. The monoisotopic (exact) mass is 626 g/mol. The molecule has 10 heteroatoms. The van der Waals surface area contributed by atoms with Crippen molar-refractivity contribution < 1.29 is 27.5 Å². The van der Waals surface area contributed by atoms with Crippen LogP contribution < -0.4 is 4.84 Å². The van der Waals surface area contributed by atoms with Gasteiger partial charge in [0.25, 0.3) is 5.91 Å². The number of carbonyl (C=O) groups is 1. The average molecular weight is 627 g/mol. The molecule has 0 spiro atoms. The predicted octanol–water partition coefficient (Wildman–Crippen LogP) is 6.53. The molecule has 3 aromatic rings. The first-order valence-corrected chi connectivity index (χ1v) is 15.8. The lowest BCUT2D eigenvalue weighted by atomic mass is 9.73. The Labute approximate surface area is 264 Å². The molecule has 3 atom stereocenters. The fraction of sp³-hybridized carbons (Fsp3) is 0.543. The zero-order valence-corrected chi connectivity index (χ0v) is 26.9. The van der Waals surface area contributed by atoms with E-state index in [1.165, 1.54) is 17.0 Å². The zero-order chi connectivity index (χ0) is 32.4. The summed E-state index contributed by atoms with van der Waals surface area (Å²) in [6.45, 7) is 12.2. The number of aromatic nitrogens is 2. The number of methoxy groups -OCH3 is 1. The number of carbonyl (C=O) groups excluding carboxylic acids is 1. The Morgan fingerprint density at radius 3 is 2.31 bits per heavy atom. The second-order valence-electron chi connectivity index (χ2n) is 13.0. The quantitative estimate of drug-likeness (QED) is 0.270. The van der Waals surface area contributed by atoms with Crippen LogP contribution in [0.1, 0.15) is 77.5 Å². The van der Waals surface area contributed by atoms with E-state index >= 15 is 0 Å². The molecule has 2 fully saturated rings. The minimum atomic E-state index is -4.35. The minimum Gasteiger partial charge on any atom is -0.392 e. The van der Waals surface area contributed by atoms with Crippen molar-refractivity contribution in [2.75, 3.05) is 39.9 Å². The molecule has 45 heavy (non-hydrogen) atoms. The molecule has 1 aromatic heterocycles. The van der Waals surface area contributed by atoms with Crippen LogP contribution in [0.2, 0.25) is 0 Å². The number of benzene rings is 2. The van der Waals surface area contributed by atoms with Crippen LogP contribution in [-0.4, -0.2) is 71.1 Å². The molecular weight excluding hydrogens is 581 g/mol. The number of ether oxygens (including phenoxy) is 1. The van der Waals surface area contributed by atoms with Crippen LogP contribution in [0.25, 0.3) is 0 Å². The Kier molecular flexibility index (Phi) is 9.94. The lowest BCUT2D eigenvalue weighted by Gasteiger charge is -2.51. The van der Waals surface area contributed by atoms with Gasteiger partial charge in [0.05, 0.1) is 29.1 Å². The summed E-state index contributed by atoms with van der Waals surface area (Å²) in [7, 11) is 1.65. The maximum Gasteiger partial charge on any atom is 0.416 e. The average Bonchev–Trinajstić information content (AvgIpc) is 3.31. The van der Waals surface area contributed by atoms with E-state index in [2.05, 4.69) is 23.8 Å². The van der Waals surface area contributed by atoms with Crippen molar-refractivity contribution in [3.05, 3.63) is 88.2 Å². The van der Waals surface area contributed by atoms with E-state index in [0.717, 1.165) is 43.5 Å². The Balaban J connectivity index is 1.19. The standard InChI is InChI=1S/C35H45F3N4O3/c1-24-21-41(18-15-30(24)31(23-44-5)28-11-13-29(14-12-28)35(36,37)38)34(4)16-19-40(20-17-34)33(43)32-25(2)39-42(26(32)3)45-22-27-9-7-6-8-10-27/h6-14,24,30-31H,15-23H2,1-5H3. The Bertz CT molecular complexity index is 1430. The van der Waals surface area contributed by atoms with Crippen molar-refractivity contribution in [2.24, 2.45) is 11.8 Å². The molecule has 0 aliphatic carbocycles. The highest BCUT2D eigenvalue weighted by Crippen LogP contribution is 2.41. The summed E-state index contributed by atoms with van der Waals surface area (Å²) >= 11 is 0. The van der Waals surface area contributed by atoms with Crippen molar-refractivity contribution in [1.29, 1.82) is 0 Å². The smallest absolute Gasteiger partial charge is 0.392 e. The summed E-state index contributed by atoms with van der Waals surface area (Å²) in [6, 6.07) is 15.4. The van der Waals surface area contributed by atoms with Crippen LogP contribution in [0.3, 0.4) is 0 Å². The number of likely N-dealkylation sites (tertiary alicyclic amines) is 2. The van der Waals surface area contributed by atoms with Gasteiger partial charge in [0.1, 0.15) is 6.61 Å². The van der Waals surface area contributed by atoms with Gasteiger partial charge in [-0.3, -0.25) is 9.69 Å². The molecule has 3 heterocycles. The molecule has 244 valence electrons. The summed E-state index contributed by atoms with van der Waals surface area (Å²) in [5.74, 6) is 0.665. The third kappa shape index (κ3) is 7.22. The molecule has 2 aliphatic heterocycles. The van der Waals surface area contributed by atoms with Gasteiger partial charge in [0.2, 0.25) is 0 Å². The maximum absolute atomic E-state index is 13.7. The van der Waals surface area contributed by atoms with E-state index in [1.54, 1.807) is 19.2 Å². The summed E-state index contributed by atoms with van der Waals surface area (Å²) in [5, 5.41) is 4.50. The third-order valence-electron chi connectivity index (χ3n) is 10.1. The van der Waals surface area contributed by atoms with Gasteiger partial charge in [0.15, 0.2) is 0 Å². The number of nitrogens with zero attached hydrogens (tertiary/aromatic N) is 4. The number of aryl methyl sites for hydroxylation is 1. The summed E-state index contributed by atoms with van der Waals surface area (Å²) < 4.78 is 45.0. The van der Waals surface area contributed by atoms with Crippen molar-refractivity contribution in [3.63, 3.8) is 0 Å². The van der Waals surface area contributed by atoms with Gasteiger partial charge in [0, 0.05) is 38.2 Å². The van der Waals surface area contributed by atoms with Gasteiger partial charge in [-0.15, -0.1) is 9.94 Å². The van der Waals surface area contributed by atoms with E-state index in [9.17, 15) is 18.0 Å². The van der Waals surface area contributed by atoms with E-state index in [1.807, 2.05) is 49.1 Å². The Hall–Kier alpha value is -3.37. The maximum atomic E-state index is 13.7. The van der Waals surface area contributed by atoms with Crippen LogP contribution in [-0.2, 0) is 17.5 Å². The fourth-order valence-electron chi connectivity index (χ4n) is 7.25. The van der Waals surface area contributed by atoms with Crippen LogP contribution in [0.5, 0.6) is 0 Å². The highest BCUT2D eigenvalue weighted by molar-refractivity contribution is 5.96. The van der Waals surface area contributed by atoms with Crippen molar-refractivity contribution in [3.8, 4) is 0 Å². The van der Waals surface area contributed by atoms with Gasteiger partial charge in [-0.25, -0.2) is 0 Å². The lowest BCUT2D eigenvalue weighted by molar-refractivity contribution is -0.137. The van der Waals surface area contributed by atoms with Crippen molar-refractivity contribution in [1.82, 2.24) is 19.7 Å². The van der Waals surface area contributed by atoms with E-state index in [4.69, 9.17) is 9.57 Å². The Morgan fingerprint density at radius 2 is 1.71 bits per heavy atom. The van der Waals surface area contributed by atoms with Gasteiger partial charge < -0.3 is 14.5 Å². The number of alkyl halides is 3. The molecule has 0 bridgehead atoms. The number of rotatable bonds is 9. The number of amides is 1. The molecule has 5 rings (SSSR count). The van der Waals surface area contributed by atoms with Crippen molar-refractivity contribution in [2.45, 2.75) is 71.2 Å². The predicted molar refractivity (Wildman–Crippen MR) is 167 cm³/mol. The van der Waals surface area contributed by atoms with Gasteiger partial charge in [-0.2, -0.15) is 13.2 Å². The number of hydrogen-bond donors (Lipinski definition) is 0. The zero-order valence-electron chi connectivity index (χ0n) is 26.9. The second-order valence-corrected chi connectivity index (χ2v) is 13.0. The van der Waals surface area contributed by atoms with Gasteiger partial charge >= 0.3 is 6.18 Å². The van der Waals surface area contributed by atoms with Crippen LogP contribution in [0.15, 0.2) is 54.6 Å². The highest BCUT2D eigenvalue weighted by atomic mass is 19.4. The van der Waals surface area contributed by atoms with E-state index in [-0.39, 0.29) is 17.4 Å². The van der Waals surface area contributed by atoms with Crippen LogP contribution >= 0.6 is 0 Å². The first-order chi connectivity index (χ1) is 21.4. The van der Waals surface area contributed by atoms with Crippen LogP contribution in [0.4, 0.5) is 13.2 Å². The molecule has 3 unspecified atom stereocenters. The molecule has 1 amide bonds.